The molecule has 0 atom stereocenters. The van der Waals surface area contributed by atoms with Crippen LogP contribution in [0, 0.1) is 0 Å². The second-order valence-electron chi connectivity index (χ2n) is 3.82. The van der Waals surface area contributed by atoms with E-state index in [1.807, 2.05) is 12.3 Å². The standard InChI is InChI=1S/C12H13N3O/c1-2-10-11-9(3-6-16-7-5-13-11)8-15-12(10)14-4-1/h1-2,4,8,13H,3,5-7H2. The Bertz CT molecular complexity index is 513. The highest BCUT2D eigenvalue weighted by molar-refractivity contribution is 5.90. The molecular formula is C12H13N3O. The van der Waals surface area contributed by atoms with Crippen molar-refractivity contribution in [2.45, 2.75) is 6.42 Å². The third kappa shape index (κ3) is 1.61. The predicted molar refractivity (Wildman–Crippen MR) is 62.6 cm³/mol. The zero-order valence-electron chi connectivity index (χ0n) is 8.94. The fourth-order valence-electron chi connectivity index (χ4n) is 2.00. The summed E-state index contributed by atoms with van der Waals surface area (Å²) < 4.78 is 5.44. The van der Waals surface area contributed by atoms with Crippen LogP contribution in [0.1, 0.15) is 5.56 Å². The molecule has 2 aromatic heterocycles. The van der Waals surface area contributed by atoms with E-state index in [1.165, 1.54) is 11.3 Å². The van der Waals surface area contributed by atoms with Gasteiger partial charge in [0.25, 0.3) is 0 Å². The Morgan fingerprint density at radius 1 is 1.25 bits per heavy atom. The topological polar surface area (TPSA) is 47.0 Å². The smallest absolute Gasteiger partial charge is 0.161 e. The van der Waals surface area contributed by atoms with Gasteiger partial charge in [0.1, 0.15) is 0 Å². The van der Waals surface area contributed by atoms with Crippen molar-refractivity contribution in [1.29, 1.82) is 0 Å². The number of nitrogens with one attached hydrogen (secondary N) is 1. The van der Waals surface area contributed by atoms with E-state index >= 15 is 0 Å². The van der Waals surface area contributed by atoms with E-state index in [4.69, 9.17) is 4.74 Å². The van der Waals surface area contributed by atoms with Gasteiger partial charge in [0.15, 0.2) is 5.65 Å². The fourth-order valence-corrected chi connectivity index (χ4v) is 2.00. The number of hydrogen-bond donors (Lipinski definition) is 1. The van der Waals surface area contributed by atoms with Crippen LogP contribution in [0.4, 0.5) is 5.69 Å². The molecular weight excluding hydrogens is 202 g/mol. The molecule has 0 amide bonds. The van der Waals surface area contributed by atoms with E-state index in [0.29, 0.717) is 0 Å². The first kappa shape index (κ1) is 9.54. The normalized spacial score (nSPS) is 16.0. The van der Waals surface area contributed by atoms with Crippen molar-refractivity contribution in [1.82, 2.24) is 9.97 Å². The minimum Gasteiger partial charge on any atom is -0.382 e. The van der Waals surface area contributed by atoms with Crippen molar-refractivity contribution < 1.29 is 4.74 Å². The van der Waals surface area contributed by atoms with E-state index in [1.54, 1.807) is 6.20 Å². The molecule has 16 heavy (non-hydrogen) atoms. The van der Waals surface area contributed by atoms with Crippen molar-refractivity contribution in [3.63, 3.8) is 0 Å². The first-order valence-electron chi connectivity index (χ1n) is 5.49. The van der Waals surface area contributed by atoms with E-state index in [9.17, 15) is 0 Å². The molecule has 1 N–H and O–H groups in total. The molecule has 0 radical (unpaired) electrons. The maximum atomic E-state index is 5.44. The number of ether oxygens (including phenoxy) is 1. The highest BCUT2D eigenvalue weighted by Gasteiger charge is 2.10. The zero-order chi connectivity index (χ0) is 10.8. The third-order valence-electron chi connectivity index (χ3n) is 2.78. The van der Waals surface area contributed by atoms with E-state index in [0.717, 1.165) is 37.2 Å². The average molecular weight is 215 g/mol. The van der Waals surface area contributed by atoms with Gasteiger partial charge in [-0.15, -0.1) is 0 Å². The van der Waals surface area contributed by atoms with E-state index in [-0.39, 0.29) is 0 Å². The van der Waals surface area contributed by atoms with Gasteiger partial charge in [-0.1, -0.05) is 0 Å². The fraction of sp³-hybridized carbons (Fsp3) is 0.333. The molecule has 0 saturated heterocycles. The van der Waals surface area contributed by atoms with Gasteiger partial charge in [0.2, 0.25) is 0 Å². The van der Waals surface area contributed by atoms with Crippen molar-refractivity contribution in [3.8, 4) is 0 Å². The summed E-state index contributed by atoms with van der Waals surface area (Å²) in [5.41, 5.74) is 3.18. The maximum Gasteiger partial charge on any atom is 0.161 e. The van der Waals surface area contributed by atoms with Gasteiger partial charge in [-0.25, -0.2) is 9.97 Å². The number of anilines is 1. The number of hydrogen-bond acceptors (Lipinski definition) is 4. The zero-order valence-corrected chi connectivity index (χ0v) is 8.94. The van der Waals surface area contributed by atoms with Crippen LogP contribution in [0.5, 0.6) is 0 Å². The lowest BCUT2D eigenvalue weighted by atomic mass is 10.1. The minimum absolute atomic E-state index is 0.753. The second-order valence-corrected chi connectivity index (χ2v) is 3.82. The number of pyridine rings is 2. The molecule has 1 aliphatic heterocycles. The van der Waals surface area contributed by atoms with Crippen molar-refractivity contribution in [3.05, 3.63) is 30.1 Å². The quantitative estimate of drug-likeness (QED) is 0.725. The number of nitrogens with zero attached hydrogens (tertiary/aromatic N) is 2. The first-order valence-corrected chi connectivity index (χ1v) is 5.49. The Kier molecular flexibility index (Phi) is 2.42. The summed E-state index contributed by atoms with van der Waals surface area (Å²) >= 11 is 0. The van der Waals surface area contributed by atoms with Crippen molar-refractivity contribution in [2.24, 2.45) is 0 Å². The molecule has 0 unspecified atom stereocenters. The van der Waals surface area contributed by atoms with Gasteiger partial charge in [0, 0.05) is 24.3 Å². The van der Waals surface area contributed by atoms with Gasteiger partial charge in [-0.05, 0) is 24.1 Å². The molecule has 0 bridgehead atoms. The van der Waals surface area contributed by atoms with Crippen LogP contribution in [-0.4, -0.2) is 29.7 Å². The largest absolute Gasteiger partial charge is 0.382 e. The van der Waals surface area contributed by atoms with Gasteiger partial charge < -0.3 is 10.1 Å². The molecule has 0 spiro atoms. The highest BCUT2D eigenvalue weighted by atomic mass is 16.5. The molecule has 0 aliphatic carbocycles. The van der Waals surface area contributed by atoms with Crippen LogP contribution >= 0.6 is 0 Å². The molecule has 1 aliphatic rings. The van der Waals surface area contributed by atoms with Crippen LogP contribution in [0.25, 0.3) is 11.0 Å². The third-order valence-corrected chi connectivity index (χ3v) is 2.78. The molecule has 0 fully saturated rings. The lowest BCUT2D eigenvalue weighted by Gasteiger charge is -2.17. The predicted octanol–water partition coefficient (Wildman–Crippen LogP) is 1.61. The SMILES string of the molecule is c1cnc2ncc3c(c2c1)NCCOCC3. The molecule has 82 valence electrons. The van der Waals surface area contributed by atoms with E-state index < -0.39 is 0 Å². The van der Waals surface area contributed by atoms with Crippen molar-refractivity contribution >= 4 is 16.7 Å². The number of aromatic nitrogens is 2. The summed E-state index contributed by atoms with van der Waals surface area (Å²) in [4.78, 5) is 8.62. The Balaban J connectivity index is 2.18. The van der Waals surface area contributed by atoms with Crippen LogP contribution in [-0.2, 0) is 11.2 Å². The summed E-state index contributed by atoms with van der Waals surface area (Å²) in [5.74, 6) is 0. The average Bonchev–Trinajstić information content (AvgIpc) is 2.29. The highest BCUT2D eigenvalue weighted by Crippen LogP contribution is 2.25. The van der Waals surface area contributed by atoms with Crippen molar-refractivity contribution in [2.75, 3.05) is 25.1 Å². The lowest BCUT2D eigenvalue weighted by molar-refractivity contribution is 0.145. The lowest BCUT2D eigenvalue weighted by Crippen LogP contribution is -2.16. The van der Waals surface area contributed by atoms with E-state index in [2.05, 4.69) is 21.4 Å². The van der Waals surface area contributed by atoms with Gasteiger partial charge in [-0.2, -0.15) is 0 Å². The number of fused-ring (bicyclic) bond motifs is 3. The second kappa shape index (κ2) is 4.06. The molecule has 0 saturated carbocycles. The van der Waals surface area contributed by atoms with Crippen LogP contribution in [0.3, 0.4) is 0 Å². The monoisotopic (exact) mass is 215 g/mol. The van der Waals surface area contributed by atoms with Crippen LogP contribution in [0.2, 0.25) is 0 Å². The van der Waals surface area contributed by atoms with Gasteiger partial charge in [-0.3, -0.25) is 0 Å². The molecule has 4 nitrogen and oxygen atoms in total. The van der Waals surface area contributed by atoms with Gasteiger partial charge in [0.05, 0.1) is 18.9 Å². The summed E-state index contributed by atoms with van der Waals surface area (Å²) in [7, 11) is 0. The first-order chi connectivity index (χ1) is 7.95. The summed E-state index contributed by atoms with van der Waals surface area (Å²) in [5, 5.41) is 4.50. The van der Waals surface area contributed by atoms with Gasteiger partial charge >= 0.3 is 0 Å². The molecule has 3 rings (SSSR count). The number of rotatable bonds is 0. The molecule has 0 aromatic carbocycles. The molecule has 2 aromatic rings. The van der Waals surface area contributed by atoms with Crippen LogP contribution in [0.15, 0.2) is 24.5 Å². The Labute approximate surface area is 93.7 Å². The summed E-state index contributed by atoms with van der Waals surface area (Å²) in [6.07, 6.45) is 4.57. The Morgan fingerprint density at radius 2 is 2.25 bits per heavy atom. The molecule has 3 heterocycles. The summed E-state index contributed by atoms with van der Waals surface area (Å²) in [6, 6.07) is 4.00. The Hall–Kier alpha value is -1.68. The Morgan fingerprint density at radius 3 is 3.25 bits per heavy atom. The molecule has 4 heteroatoms. The van der Waals surface area contributed by atoms with Crippen LogP contribution < -0.4 is 5.32 Å². The summed E-state index contributed by atoms with van der Waals surface area (Å²) in [6.45, 7) is 2.35. The maximum absolute atomic E-state index is 5.44. The minimum atomic E-state index is 0.753.